The second kappa shape index (κ2) is 8.92. The molecule has 4 unspecified atom stereocenters. The Morgan fingerprint density at radius 1 is 0.943 bits per heavy atom. The first-order valence-corrected chi connectivity index (χ1v) is 12.1. The number of aliphatic hydroxyl groups excluding tert-OH is 2. The van der Waals surface area contributed by atoms with Gasteiger partial charge in [-0.3, -0.25) is 0 Å². The molecule has 1 aliphatic heterocycles. The molecule has 4 rings (SSSR count). The normalized spacial score (nSPS) is 27.1. The van der Waals surface area contributed by atoms with E-state index in [-0.39, 0.29) is 23.2 Å². The lowest BCUT2D eigenvalue weighted by atomic mass is 9.57. The van der Waals surface area contributed by atoms with E-state index < -0.39 is 23.2 Å². The number of fused-ring (bicyclic) bond motifs is 2. The first-order valence-electron chi connectivity index (χ1n) is 12.1. The van der Waals surface area contributed by atoms with Crippen molar-refractivity contribution in [3.05, 3.63) is 58.2 Å². The van der Waals surface area contributed by atoms with Crippen LogP contribution >= 0.6 is 0 Å². The molecule has 0 bridgehead atoms. The Morgan fingerprint density at radius 2 is 1.51 bits per heavy atom. The minimum Gasteiger partial charge on any atom is -0.507 e. The van der Waals surface area contributed by atoms with Crippen molar-refractivity contribution in [1.82, 2.24) is 0 Å². The minimum atomic E-state index is -0.890. The fraction of sp³-hybridized carbons (Fsp3) is 0.448. The number of benzene rings is 2. The van der Waals surface area contributed by atoms with Crippen LogP contribution in [0.15, 0.2) is 35.9 Å². The molecule has 2 aromatic rings. The van der Waals surface area contributed by atoms with Gasteiger partial charge in [0.15, 0.2) is 11.5 Å². The first-order chi connectivity index (χ1) is 16.3. The molecule has 1 aliphatic carbocycles. The molecule has 2 aromatic carbocycles. The zero-order chi connectivity index (χ0) is 25.7. The van der Waals surface area contributed by atoms with Gasteiger partial charge in [-0.15, -0.1) is 0 Å². The summed E-state index contributed by atoms with van der Waals surface area (Å²) in [4.78, 5) is 0. The zero-order valence-corrected chi connectivity index (χ0v) is 21.0. The number of rotatable bonds is 4. The third kappa shape index (κ3) is 4.65. The Labute approximate surface area is 206 Å². The topological polar surface area (TPSA) is 110 Å². The van der Waals surface area contributed by atoms with Gasteiger partial charge < -0.3 is 30.3 Å². The summed E-state index contributed by atoms with van der Waals surface area (Å²) in [6.07, 6.45) is 5.11. The number of ether oxygens (including phenoxy) is 1. The summed E-state index contributed by atoms with van der Waals surface area (Å²) in [5.41, 5.74) is 2.53. The van der Waals surface area contributed by atoms with Crippen LogP contribution in [0.25, 0.3) is 12.2 Å². The third-order valence-electron chi connectivity index (χ3n) is 7.71. The van der Waals surface area contributed by atoms with Gasteiger partial charge in [-0.1, -0.05) is 37.6 Å². The van der Waals surface area contributed by atoms with Crippen LogP contribution < -0.4 is 4.74 Å². The van der Waals surface area contributed by atoms with Gasteiger partial charge >= 0.3 is 0 Å². The highest BCUT2D eigenvalue weighted by Crippen LogP contribution is 2.54. The van der Waals surface area contributed by atoms with Crippen molar-refractivity contribution >= 4 is 12.2 Å². The van der Waals surface area contributed by atoms with Crippen LogP contribution in [-0.2, 0) is 12.8 Å². The third-order valence-corrected chi connectivity index (χ3v) is 7.71. The molecule has 188 valence electrons. The van der Waals surface area contributed by atoms with Crippen LogP contribution in [0.5, 0.6) is 23.0 Å². The van der Waals surface area contributed by atoms with E-state index in [1.807, 2.05) is 52.8 Å². The van der Waals surface area contributed by atoms with Crippen molar-refractivity contribution in [3.63, 3.8) is 0 Å². The molecule has 6 nitrogen and oxygen atoms in total. The monoisotopic (exact) mass is 480 g/mol. The Morgan fingerprint density at radius 3 is 2.11 bits per heavy atom. The number of aliphatic hydroxyl groups is 2. The van der Waals surface area contributed by atoms with Crippen molar-refractivity contribution in [2.75, 3.05) is 0 Å². The zero-order valence-electron chi connectivity index (χ0n) is 21.0. The van der Waals surface area contributed by atoms with Gasteiger partial charge in [0, 0.05) is 23.3 Å². The predicted molar refractivity (Wildman–Crippen MR) is 137 cm³/mol. The van der Waals surface area contributed by atoms with E-state index in [1.165, 1.54) is 0 Å². The van der Waals surface area contributed by atoms with Crippen molar-refractivity contribution in [2.24, 2.45) is 11.3 Å². The lowest BCUT2D eigenvalue weighted by molar-refractivity contribution is -0.187. The summed E-state index contributed by atoms with van der Waals surface area (Å²) >= 11 is 0. The van der Waals surface area contributed by atoms with Crippen LogP contribution in [0.1, 0.15) is 63.3 Å². The van der Waals surface area contributed by atoms with Gasteiger partial charge in [-0.05, 0) is 74.6 Å². The summed E-state index contributed by atoms with van der Waals surface area (Å²) < 4.78 is 6.29. The standard InChI is InChI=1S/C29H36O6/c1-16(2)6-9-20-21(30)11-18(12-22(20)31)8-7-17-10-19-14-25-28(3,4)27(34)24(33)15-29(25,5)35-26(19)23(32)13-17/h6-8,10-13,24-25,27,30-34H,9,14-15H2,1-5H3/b8-7+. The largest absolute Gasteiger partial charge is 0.507 e. The van der Waals surface area contributed by atoms with Crippen molar-refractivity contribution < 1.29 is 30.3 Å². The van der Waals surface area contributed by atoms with Gasteiger partial charge in [0.1, 0.15) is 17.1 Å². The van der Waals surface area contributed by atoms with E-state index in [4.69, 9.17) is 4.74 Å². The van der Waals surface area contributed by atoms with E-state index in [0.717, 1.165) is 16.7 Å². The van der Waals surface area contributed by atoms with Gasteiger partial charge in [0.25, 0.3) is 0 Å². The number of allylic oxidation sites excluding steroid dienone is 2. The number of aromatic hydroxyl groups is 3. The average molecular weight is 481 g/mol. The first kappa shape index (κ1) is 25.1. The van der Waals surface area contributed by atoms with Crippen LogP contribution in [0.2, 0.25) is 0 Å². The number of phenolic OH excluding ortho intramolecular Hbond substituents is 3. The molecule has 0 amide bonds. The molecule has 0 aromatic heterocycles. The van der Waals surface area contributed by atoms with E-state index in [0.29, 0.717) is 36.1 Å². The molecule has 1 saturated carbocycles. The second-order valence-corrected chi connectivity index (χ2v) is 11.1. The Balaban J connectivity index is 1.63. The Bertz CT molecular complexity index is 1170. The molecule has 2 aliphatic rings. The highest BCUT2D eigenvalue weighted by molar-refractivity contribution is 5.73. The summed E-state index contributed by atoms with van der Waals surface area (Å²) in [5.74, 6) is 0.441. The fourth-order valence-electron chi connectivity index (χ4n) is 5.73. The molecule has 0 spiro atoms. The summed E-state index contributed by atoms with van der Waals surface area (Å²) in [5, 5.41) is 52.6. The molecule has 1 heterocycles. The molecule has 0 saturated heterocycles. The fourth-order valence-corrected chi connectivity index (χ4v) is 5.73. The maximum atomic E-state index is 10.8. The van der Waals surface area contributed by atoms with Crippen LogP contribution in [0.4, 0.5) is 0 Å². The summed E-state index contributed by atoms with van der Waals surface area (Å²) in [6, 6.07) is 6.77. The maximum Gasteiger partial charge on any atom is 0.164 e. The van der Waals surface area contributed by atoms with Crippen LogP contribution in [0.3, 0.4) is 0 Å². The quantitative estimate of drug-likeness (QED) is 0.313. The average Bonchev–Trinajstić information content (AvgIpc) is 2.75. The molecule has 5 N–H and O–H groups in total. The SMILES string of the molecule is CC(C)=CCc1c(O)cc(/C=C/c2cc(O)c3c(c2)CC2C(C)(CC(O)C(O)C2(C)C)O3)cc1O. The van der Waals surface area contributed by atoms with Crippen molar-refractivity contribution in [2.45, 2.75) is 71.7 Å². The molecule has 0 radical (unpaired) electrons. The van der Waals surface area contributed by atoms with Gasteiger partial charge in [-0.25, -0.2) is 0 Å². The summed E-state index contributed by atoms with van der Waals surface area (Å²) in [7, 11) is 0. The second-order valence-electron chi connectivity index (χ2n) is 11.1. The lowest BCUT2D eigenvalue weighted by Crippen LogP contribution is -2.63. The van der Waals surface area contributed by atoms with Gasteiger partial charge in [0.05, 0.1) is 12.2 Å². The predicted octanol–water partition coefficient (Wildman–Crippen LogP) is 4.94. The van der Waals surface area contributed by atoms with E-state index in [2.05, 4.69) is 0 Å². The van der Waals surface area contributed by atoms with E-state index >= 15 is 0 Å². The van der Waals surface area contributed by atoms with E-state index in [1.54, 1.807) is 24.3 Å². The minimum absolute atomic E-state index is 0.0167. The number of hydrogen-bond acceptors (Lipinski definition) is 6. The number of hydrogen-bond donors (Lipinski definition) is 5. The van der Waals surface area contributed by atoms with Gasteiger partial charge in [-0.2, -0.15) is 0 Å². The molecular formula is C29H36O6. The lowest BCUT2D eigenvalue weighted by Gasteiger charge is -2.56. The highest BCUT2D eigenvalue weighted by atomic mass is 16.5. The molecule has 1 fully saturated rings. The molecule has 35 heavy (non-hydrogen) atoms. The number of phenols is 3. The Hall–Kier alpha value is -2.96. The molecule has 4 atom stereocenters. The van der Waals surface area contributed by atoms with Crippen molar-refractivity contribution in [1.29, 1.82) is 0 Å². The van der Waals surface area contributed by atoms with E-state index in [9.17, 15) is 25.5 Å². The van der Waals surface area contributed by atoms with Crippen LogP contribution in [-0.4, -0.2) is 43.3 Å². The van der Waals surface area contributed by atoms with Crippen LogP contribution in [0, 0.1) is 11.3 Å². The maximum absolute atomic E-state index is 10.8. The summed E-state index contributed by atoms with van der Waals surface area (Å²) in [6.45, 7) is 9.75. The van der Waals surface area contributed by atoms with Crippen molar-refractivity contribution in [3.8, 4) is 23.0 Å². The molecule has 6 heteroatoms. The molecular weight excluding hydrogens is 444 g/mol. The van der Waals surface area contributed by atoms with Gasteiger partial charge in [0.2, 0.25) is 0 Å². The highest BCUT2D eigenvalue weighted by Gasteiger charge is 2.58. The Kier molecular flexibility index (Phi) is 6.41. The smallest absolute Gasteiger partial charge is 0.164 e.